The highest BCUT2D eigenvalue weighted by molar-refractivity contribution is 5.08. The number of nitrogens with zero attached hydrogens (tertiary/aromatic N) is 2. The fraction of sp³-hybridized carbons (Fsp3) is 0.727. The first kappa shape index (κ1) is 9.71. The van der Waals surface area contributed by atoms with Crippen LogP contribution < -0.4 is 0 Å². The average Bonchev–Trinajstić information content (AvgIpc) is 2.46. The largest absolute Gasteiger partial charge is 0.391 e. The van der Waals surface area contributed by atoms with Crippen molar-refractivity contribution in [2.24, 2.45) is 0 Å². The minimum absolute atomic E-state index is 0.206. The lowest BCUT2D eigenvalue weighted by atomic mass is 9.92. The number of aromatic nitrogens is 2. The third kappa shape index (κ3) is 1.69. The van der Waals surface area contributed by atoms with Gasteiger partial charge in [-0.2, -0.15) is 5.10 Å². The Balaban J connectivity index is 2.24. The second kappa shape index (κ2) is 3.73. The first-order valence-electron chi connectivity index (χ1n) is 5.39. The molecule has 0 aliphatic heterocycles. The maximum atomic E-state index is 9.90. The van der Waals surface area contributed by atoms with Crippen molar-refractivity contribution in [3.8, 4) is 0 Å². The Hall–Kier alpha value is -0.830. The Labute approximate surface area is 84.7 Å². The highest BCUT2D eigenvalue weighted by Crippen LogP contribution is 2.29. The number of hydrogen-bond donors (Lipinski definition) is 1. The second-order valence-corrected chi connectivity index (χ2v) is 4.29. The summed E-state index contributed by atoms with van der Waals surface area (Å²) in [6, 6.07) is 2.28. The summed E-state index contributed by atoms with van der Waals surface area (Å²) in [6.07, 6.45) is 4.13. The number of aliphatic hydroxyl groups excluding tert-OH is 1. The van der Waals surface area contributed by atoms with Crippen molar-refractivity contribution < 1.29 is 5.11 Å². The molecule has 0 saturated heterocycles. The first-order chi connectivity index (χ1) is 6.68. The van der Waals surface area contributed by atoms with Gasteiger partial charge in [-0.1, -0.05) is 12.8 Å². The van der Waals surface area contributed by atoms with Crippen molar-refractivity contribution in [3.63, 3.8) is 0 Å². The van der Waals surface area contributed by atoms with Crippen molar-refractivity contribution in [3.05, 3.63) is 17.5 Å². The summed E-state index contributed by atoms with van der Waals surface area (Å²) in [7, 11) is 0. The predicted octanol–water partition coefficient (Wildman–Crippen LogP) is 1.98. The fourth-order valence-electron chi connectivity index (χ4n) is 2.36. The molecule has 0 amide bonds. The van der Waals surface area contributed by atoms with Crippen LogP contribution >= 0.6 is 0 Å². The molecule has 3 nitrogen and oxygen atoms in total. The summed E-state index contributed by atoms with van der Waals surface area (Å²) in [5.41, 5.74) is 2.20. The molecule has 0 radical (unpaired) electrons. The Kier molecular flexibility index (Phi) is 2.59. The lowest BCUT2D eigenvalue weighted by molar-refractivity contribution is 0.0683. The highest BCUT2D eigenvalue weighted by atomic mass is 16.3. The van der Waals surface area contributed by atoms with Gasteiger partial charge in [-0.25, -0.2) is 0 Å². The number of hydrogen-bond acceptors (Lipinski definition) is 2. The van der Waals surface area contributed by atoms with Crippen molar-refractivity contribution in [1.29, 1.82) is 0 Å². The SMILES string of the molecule is Cc1cc(C)n(C2CCCC[C@@H]2O)n1. The molecule has 78 valence electrons. The van der Waals surface area contributed by atoms with Crippen LogP contribution in [0.5, 0.6) is 0 Å². The summed E-state index contributed by atoms with van der Waals surface area (Å²) in [5.74, 6) is 0. The van der Waals surface area contributed by atoms with Crippen LogP contribution in [0.4, 0.5) is 0 Å². The topological polar surface area (TPSA) is 38.0 Å². The minimum Gasteiger partial charge on any atom is -0.391 e. The van der Waals surface area contributed by atoms with E-state index in [1.165, 1.54) is 6.42 Å². The van der Waals surface area contributed by atoms with E-state index in [0.29, 0.717) is 0 Å². The molecule has 0 aromatic carbocycles. The van der Waals surface area contributed by atoms with Crippen molar-refractivity contribution >= 4 is 0 Å². The molecule has 14 heavy (non-hydrogen) atoms. The number of rotatable bonds is 1. The Morgan fingerprint density at radius 3 is 2.64 bits per heavy atom. The molecule has 1 aliphatic carbocycles. The summed E-state index contributed by atoms with van der Waals surface area (Å²) in [6.45, 7) is 4.06. The van der Waals surface area contributed by atoms with Gasteiger partial charge in [0.1, 0.15) is 0 Å². The van der Waals surface area contributed by atoms with Crippen LogP contribution in [0.3, 0.4) is 0 Å². The van der Waals surface area contributed by atoms with E-state index in [0.717, 1.165) is 30.7 Å². The zero-order valence-electron chi connectivity index (χ0n) is 8.90. The van der Waals surface area contributed by atoms with E-state index in [2.05, 4.69) is 18.1 Å². The normalized spacial score (nSPS) is 27.9. The van der Waals surface area contributed by atoms with Crippen LogP contribution in [0.25, 0.3) is 0 Å². The maximum absolute atomic E-state index is 9.90. The zero-order valence-corrected chi connectivity index (χ0v) is 8.90. The summed E-state index contributed by atoms with van der Waals surface area (Å²) >= 11 is 0. The van der Waals surface area contributed by atoms with E-state index in [9.17, 15) is 5.11 Å². The van der Waals surface area contributed by atoms with Crippen LogP contribution in [-0.4, -0.2) is 21.0 Å². The number of aliphatic hydroxyl groups is 1. The van der Waals surface area contributed by atoms with Gasteiger partial charge in [-0.3, -0.25) is 4.68 Å². The van der Waals surface area contributed by atoms with Crippen LogP contribution in [0, 0.1) is 13.8 Å². The molecule has 1 aromatic heterocycles. The molecule has 1 saturated carbocycles. The highest BCUT2D eigenvalue weighted by Gasteiger charge is 2.26. The van der Waals surface area contributed by atoms with Gasteiger partial charge in [0.15, 0.2) is 0 Å². The van der Waals surface area contributed by atoms with Crippen LogP contribution in [0.15, 0.2) is 6.07 Å². The van der Waals surface area contributed by atoms with Gasteiger partial charge in [-0.05, 0) is 32.8 Å². The zero-order chi connectivity index (χ0) is 10.1. The molecular weight excluding hydrogens is 176 g/mol. The first-order valence-corrected chi connectivity index (χ1v) is 5.39. The van der Waals surface area contributed by atoms with Crippen molar-refractivity contribution in [2.45, 2.75) is 51.7 Å². The van der Waals surface area contributed by atoms with E-state index in [1.54, 1.807) is 0 Å². The fourth-order valence-corrected chi connectivity index (χ4v) is 2.36. The third-order valence-corrected chi connectivity index (χ3v) is 3.05. The van der Waals surface area contributed by atoms with Crippen LogP contribution in [0.1, 0.15) is 43.1 Å². The molecule has 0 spiro atoms. The van der Waals surface area contributed by atoms with Gasteiger partial charge in [0.2, 0.25) is 0 Å². The van der Waals surface area contributed by atoms with E-state index >= 15 is 0 Å². The molecule has 1 fully saturated rings. The van der Waals surface area contributed by atoms with E-state index in [-0.39, 0.29) is 12.1 Å². The van der Waals surface area contributed by atoms with Crippen LogP contribution in [0.2, 0.25) is 0 Å². The lowest BCUT2D eigenvalue weighted by Crippen LogP contribution is -2.28. The second-order valence-electron chi connectivity index (χ2n) is 4.29. The van der Waals surface area contributed by atoms with Crippen LogP contribution in [-0.2, 0) is 0 Å². The molecule has 3 heteroatoms. The standard InChI is InChI=1S/C11H18N2O/c1-8-7-9(2)13(12-8)10-5-3-4-6-11(10)14/h7,10-11,14H,3-6H2,1-2H3/t10?,11-/m0/s1. The quantitative estimate of drug-likeness (QED) is 0.742. The van der Waals surface area contributed by atoms with E-state index < -0.39 is 0 Å². The van der Waals surface area contributed by atoms with E-state index in [1.807, 2.05) is 11.6 Å². The van der Waals surface area contributed by atoms with Gasteiger partial charge in [0, 0.05) is 5.69 Å². The van der Waals surface area contributed by atoms with Crippen molar-refractivity contribution in [1.82, 2.24) is 9.78 Å². The Morgan fingerprint density at radius 2 is 2.07 bits per heavy atom. The number of aryl methyl sites for hydroxylation is 2. The van der Waals surface area contributed by atoms with Crippen molar-refractivity contribution in [2.75, 3.05) is 0 Å². The smallest absolute Gasteiger partial charge is 0.0781 e. The average molecular weight is 194 g/mol. The van der Waals surface area contributed by atoms with Gasteiger partial charge >= 0.3 is 0 Å². The molecule has 1 aromatic rings. The molecule has 1 aliphatic rings. The maximum Gasteiger partial charge on any atom is 0.0781 e. The predicted molar refractivity (Wildman–Crippen MR) is 55.2 cm³/mol. The Morgan fingerprint density at radius 1 is 1.36 bits per heavy atom. The molecule has 2 rings (SSSR count). The minimum atomic E-state index is -0.207. The lowest BCUT2D eigenvalue weighted by Gasteiger charge is -2.28. The molecule has 0 bridgehead atoms. The van der Waals surface area contributed by atoms with Gasteiger partial charge < -0.3 is 5.11 Å². The molecule has 1 heterocycles. The van der Waals surface area contributed by atoms with Gasteiger partial charge in [0.25, 0.3) is 0 Å². The summed E-state index contributed by atoms with van der Waals surface area (Å²) < 4.78 is 2.00. The summed E-state index contributed by atoms with van der Waals surface area (Å²) in [5, 5.41) is 14.3. The van der Waals surface area contributed by atoms with E-state index in [4.69, 9.17) is 0 Å². The third-order valence-electron chi connectivity index (χ3n) is 3.05. The molecule has 1 N–H and O–H groups in total. The Bertz CT molecular complexity index is 319. The molecule has 2 atom stereocenters. The van der Waals surface area contributed by atoms with Gasteiger partial charge in [-0.15, -0.1) is 0 Å². The summed E-state index contributed by atoms with van der Waals surface area (Å²) in [4.78, 5) is 0. The molecule has 1 unspecified atom stereocenters. The monoisotopic (exact) mass is 194 g/mol. The molecular formula is C11H18N2O. The van der Waals surface area contributed by atoms with Gasteiger partial charge in [0.05, 0.1) is 17.8 Å².